The lowest BCUT2D eigenvalue weighted by Gasteiger charge is -2.15. The highest BCUT2D eigenvalue weighted by atomic mass is 32.1. The van der Waals surface area contributed by atoms with Crippen LogP contribution in [-0.2, 0) is 16.0 Å². The Hall–Kier alpha value is -2.72. The van der Waals surface area contributed by atoms with Gasteiger partial charge in [-0.3, -0.25) is 4.79 Å². The maximum Gasteiger partial charge on any atom is 0.305 e. The number of unbranched alkanes of at least 4 members (excludes halogenated alkanes) is 1. The van der Waals surface area contributed by atoms with Crippen molar-refractivity contribution in [3.05, 3.63) is 65.4 Å². The van der Waals surface area contributed by atoms with Gasteiger partial charge in [0.05, 0.1) is 7.11 Å². The summed E-state index contributed by atoms with van der Waals surface area (Å²) < 4.78 is 6.05. The van der Waals surface area contributed by atoms with Gasteiger partial charge in [-0.05, 0) is 55.9 Å². The minimum atomic E-state index is -0.141. The number of nitrogens with zero attached hydrogens (tertiary/aromatic N) is 1. The summed E-state index contributed by atoms with van der Waals surface area (Å²) in [5.74, 6) is -0.141. The second-order valence-corrected chi connectivity index (χ2v) is 8.51. The fourth-order valence-corrected chi connectivity index (χ4v) is 5.05. The minimum absolute atomic E-state index is 0.141. The molecule has 0 bridgehead atoms. The average Bonchev–Trinajstić information content (AvgIpc) is 3.09. The fraction of sp³-hybridized carbons (Fsp3) is 0.280. The van der Waals surface area contributed by atoms with Gasteiger partial charge in [0.15, 0.2) is 0 Å². The smallest absolute Gasteiger partial charge is 0.305 e. The van der Waals surface area contributed by atoms with Crippen LogP contribution in [-0.4, -0.2) is 18.1 Å². The molecule has 0 spiro atoms. The van der Waals surface area contributed by atoms with Crippen LogP contribution < -0.4 is 0 Å². The maximum absolute atomic E-state index is 11.5. The Bertz CT molecular complexity index is 1180. The second-order valence-electron chi connectivity index (χ2n) is 7.48. The van der Waals surface area contributed by atoms with E-state index < -0.39 is 0 Å². The van der Waals surface area contributed by atoms with E-state index in [-0.39, 0.29) is 5.97 Å². The summed E-state index contributed by atoms with van der Waals surface area (Å²) in [7, 11) is 1.45. The number of fused-ring (bicyclic) bond motifs is 3. The lowest BCUT2D eigenvalue weighted by Crippen LogP contribution is -2.02. The first kappa shape index (κ1) is 19.6. The topological polar surface area (TPSA) is 39.2 Å². The second kappa shape index (κ2) is 8.34. The number of hydrogen-bond donors (Lipinski definition) is 0. The Morgan fingerprint density at radius 2 is 1.79 bits per heavy atom. The fourth-order valence-electron chi connectivity index (χ4n) is 3.92. The van der Waals surface area contributed by atoms with Crippen molar-refractivity contribution in [1.29, 1.82) is 0 Å². The molecule has 0 aliphatic carbocycles. The monoisotopic (exact) mass is 403 g/mol. The highest BCUT2D eigenvalue weighted by molar-refractivity contribution is 7.25. The quantitative estimate of drug-likeness (QED) is 0.268. The van der Waals surface area contributed by atoms with E-state index in [1.807, 2.05) is 0 Å². The van der Waals surface area contributed by atoms with E-state index in [9.17, 15) is 4.79 Å². The minimum Gasteiger partial charge on any atom is -0.469 e. The van der Waals surface area contributed by atoms with Gasteiger partial charge in [-0.1, -0.05) is 48.0 Å². The Kier molecular flexibility index (Phi) is 5.63. The van der Waals surface area contributed by atoms with Crippen LogP contribution in [0, 0.1) is 13.8 Å². The molecule has 0 saturated heterocycles. The van der Waals surface area contributed by atoms with Gasteiger partial charge in [0, 0.05) is 27.6 Å². The number of carbonyl (C=O) groups is 1. The molecule has 4 rings (SSSR count). The van der Waals surface area contributed by atoms with Gasteiger partial charge in [-0.2, -0.15) is 0 Å². The van der Waals surface area contributed by atoms with Gasteiger partial charge >= 0.3 is 5.97 Å². The van der Waals surface area contributed by atoms with E-state index in [0.29, 0.717) is 6.42 Å². The third-order valence-corrected chi connectivity index (χ3v) is 6.52. The average molecular weight is 404 g/mol. The van der Waals surface area contributed by atoms with Gasteiger partial charge in [0.1, 0.15) is 4.83 Å². The van der Waals surface area contributed by atoms with Crippen LogP contribution in [0.4, 0.5) is 0 Å². The number of esters is 1. The number of thiophene rings is 1. The third-order valence-electron chi connectivity index (χ3n) is 5.46. The Labute approximate surface area is 175 Å². The van der Waals surface area contributed by atoms with E-state index >= 15 is 0 Å². The van der Waals surface area contributed by atoms with Gasteiger partial charge in [-0.15, -0.1) is 11.3 Å². The van der Waals surface area contributed by atoms with Crippen molar-refractivity contribution < 1.29 is 9.53 Å². The lowest BCUT2D eigenvalue weighted by molar-refractivity contribution is -0.140. The zero-order valence-electron chi connectivity index (χ0n) is 17.1. The van der Waals surface area contributed by atoms with Crippen LogP contribution in [0.1, 0.15) is 36.1 Å². The molecule has 0 aliphatic heterocycles. The summed E-state index contributed by atoms with van der Waals surface area (Å²) in [6.45, 7) is 4.22. The molecule has 0 atom stereocenters. The molecular formula is C25H25NO2S. The zero-order chi connectivity index (χ0) is 20.4. The molecule has 0 saturated carbocycles. The molecule has 2 aromatic carbocycles. The van der Waals surface area contributed by atoms with Crippen molar-refractivity contribution in [2.75, 3.05) is 7.11 Å². The number of methoxy groups -OCH3 is 1. The van der Waals surface area contributed by atoms with Gasteiger partial charge < -0.3 is 4.74 Å². The summed E-state index contributed by atoms with van der Waals surface area (Å²) in [6, 6.07) is 17.3. The van der Waals surface area contributed by atoms with Crippen molar-refractivity contribution in [2.45, 2.75) is 39.5 Å². The molecule has 2 aromatic heterocycles. The van der Waals surface area contributed by atoms with Crippen LogP contribution in [0.25, 0.3) is 31.4 Å². The summed E-state index contributed by atoms with van der Waals surface area (Å²) in [4.78, 5) is 17.5. The Balaban J connectivity index is 1.85. The van der Waals surface area contributed by atoms with E-state index in [2.05, 4.69) is 62.4 Å². The number of ether oxygens (including phenoxy) is 1. The van der Waals surface area contributed by atoms with E-state index in [1.54, 1.807) is 11.3 Å². The highest BCUT2D eigenvalue weighted by Gasteiger charge is 2.18. The number of pyridine rings is 1. The number of carbonyl (C=O) groups excluding carboxylic acids is 1. The van der Waals surface area contributed by atoms with Crippen LogP contribution in [0.3, 0.4) is 0 Å². The summed E-state index contributed by atoms with van der Waals surface area (Å²) in [6.07, 6.45) is 3.12. The molecule has 4 aromatic rings. The summed E-state index contributed by atoms with van der Waals surface area (Å²) >= 11 is 1.76. The number of aromatic nitrogens is 1. The number of hydrogen-bond acceptors (Lipinski definition) is 4. The third kappa shape index (κ3) is 3.90. The van der Waals surface area contributed by atoms with Crippen LogP contribution in [0.15, 0.2) is 48.5 Å². The SMILES string of the molecule is COC(=O)CCCCc1c(C)nc2sc3ccccc3c2c1-c1ccc(C)cc1. The molecule has 2 heterocycles. The molecule has 0 N–H and O–H groups in total. The van der Waals surface area contributed by atoms with Crippen LogP contribution in [0.2, 0.25) is 0 Å². The molecule has 0 radical (unpaired) electrons. The number of benzene rings is 2. The molecule has 4 heteroatoms. The largest absolute Gasteiger partial charge is 0.469 e. The summed E-state index contributed by atoms with van der Waals surface area (Å²) in [5.41, 5.74) is 6.15. The standard InChI is InChI=1S/C25H25NO2S/c1-16-12-14-18(15-13-16)23-19(8-5-7-11-22(27)28-3)17(2)26-25-24(23)20-9-4-6-10-21(20)29-25/h4,6,9-10,12-15H,5,7-8,11H2,1-3H3. The number of aryl methyl sites for hydroxylation is 2. The highest BCUT2D eigenvalue weighted by Crippen LogP contribution is 2.42. The molecule has 3 nitrogen and oxygen atoms in total. The molecule has 0 fully saturated rings. The van der Waals surface area contributed by atoms with E-state index in [4.69, 9.17) is 9.72 Å². The van der Waals surface area contributed by atoms with E-state index in [0.717, 1.165) is 29.8 Å². The number of rotatable bonds is 6. The Morgan fingerprint density at radius 3 is 2.55 bits per heavy atom. The van der Waals surface area contributed by atoms with Crippen molar-refractivity contribution in [2.24, 2.45) is 0 Å². The zero-order valence-corrected chi connectivity index (χ0v) is 17.9. The predicted molar refractivity (Wildman–Crippen MR) is 122 cm³/mol. The molecule has 0 amide bonds. The van der Waals surface area contributed by atoms with Crippen LogP contribution in [0.5, 0.6) is 0 Å². The normalized spacial score (nSPS) is 11.3. The lowest BCUT2D eigenvalue weighted by atomic mass is 9.91. The molecule has 148 valence electrons. The first-order valence-corrected chi connectivity index (χ1v) is 10.8. The van der Waals surface area contributed by atoms with Gasteiger partial charge in [-0.25, -0.2) is 4.98 Å². The van der Waals surface area contributed by atoms with E-state index in [1.165, 1.54) is 44.8 Å². The summed E-state index contributed by atoms with van der Waals surface area (Å²) in [5, 5.41) is 2.52. The maximum atomic E-state index is 11.5. The molecule has 0 aliphatic rings. The van der Waals surface area contributed by atoms with Crippen molar-refractivity contribution in [1.82, 2.24) is 4.98 Å². The molecule has 0 unspecified atom stereocenters. The first-order chi connectivity index (χ1) is 14.1. The molecular weight excluding hydrogens is 378 g/mol. The predicted octanol–water partition coefficient (Wildman–Crippen LogP) is 6.62. The molecule has 29 heavy (non-hydrogen) atoms. The van der Waals surface area contributed by atoms with Gasteiger partial charge in [0.2, 0.25) is 0 Å². The van der Waals surface area contributed by atoms with Crippen molar-refractivity contribution in [3.8, 4) is 11.1 Å². The van der Waals surface area contributed by atoms with Crippen molar-refractivity contribution in [3.63, 3.8) is 0 Å². The van der Waals surface area contributed by atoms with Gasteiger partial charge in [0.25, 0.3) is 0 Å². The Morgan fingerprint density at radius 1 is 1.03 bits per heavy atom. The first-order valence-electron chi connectivity index (χ1n) is 10.0. The van der Waals surface area contributed by atoms with Crippen LogP contribution >= 0.6 is 11.3 Å². The van der Waals surface area contributed by atoms with Crippen molar-refractivity contribution >= 4 is 37.6 Å².